The lowest BCUT2D eigenvalue weighted by atomic mass is 9.80. The van der Waals surface area contributed by atoms with Crippen LogP contribution < -0.4 is 0 Å². The molecule has 0 aromatic rings. The maximum atomic E-state index is 2.67. The van der Waals surface area contributed by atoms with Gasteiger partial charge in [0.15, 0.2) is 0 Å². The average Bonchev–Trinajstić information content (AvgIpc) is 2.49. The Hall–Kier alpha value is 0.730. The zero-order chi connectivity index (χ0) is 16.2. The predicted molar refractivity (Wildman–Crippen MR) is 110 cm³/mol. The van der Waals surface area contributed by atoms with Crippen molar-refractivity contribution in [1.82, 2.24) is 0 Å². The molecule has 0 aliphatic heterocycles. The van der Waals surface area contributed by atoms with Crippen LogP contribution in [0.3, 0.4) is 0 Å². The molecule has 1 aliphatic rings. The Balaban J connectivity index is 2.12. The molecule has 2 unspecified atom stereocenters. The minimum absolute atomic E-state index is 0.925. The molecule has 0 bridgehead atoms. The lowest BCUT2D eigenvalue weighted by Crippen LogP contribution is -2.12. The molecule has 1 rings (SSSR count). The highest BCUT2D eigenvalue weighted by Crippen LogP contribution is 2.32. The summed E-state index contributed by atoms with van der Waals surface area (Å²) in [6.07, 6.45) is 20.6. The normalized spacial score (nSPS) is 25.1. The number of hydrogen-bond donors (Lipinski definition) is 0. The third-order valence-corrected chi connectivity index (χ3v) is 7.03. The summed E-state index contributed by atoms with van der Waals surface area (Å²) in [7, 11) is 0. The molecule has 132 valence electrons. The monoisotopic (exact) mass is 420 g/mol. The van der Waals surface area contributed by atoms with E-state index in [-0.39, 0.29) is 0 Å². The van der Waals surface area contributed by atoms with Crippen molar-refractivity contribution >= 4 is 22.6 Å². The Labute approximate surface area is 154 Å². The zero-order valence-corrected chi connectivity index (χ0v) is 17.7. The van der Waals surface area contributed by atoms with E-state index in [0.717, 1.165) is 21.7 Å². The van der Waals surface area contributed by atoms with Crippen LogP contribution in [0.25, 0.3) is 0 Å². The van der Waals surface area contributed by atoms with Gasteiger partial charge in [-0.05, 0) is 30.6 Å². The van der Waals surface area contributed by atoms with Crippen molar-refractivity contribution in [3.05, 3.63) is 0 Å². The zero-order valence-electron chi connectivity index (χ0n) is 15.6. The first-order valence-corrected chi connectivity index (χ1v) is 11.5. The average molecular weight is 420 g/mol. The van der Waals surface area contributed by atoms with Crippen molar-refractivity contribution in [3.8, 4) is 0 Å². The molecule has 0 radical (unpaired) electrons. The molecule has 0 aromatic heterocycles. The molecule has 2 atom stereocenters. The van der Waals surface area contributed by atoms with Crippen molar-refractivity contribution in [2.24, 2.45) is 17.8 Å². The van der Waals surface area contributed by atoms with Gasteiger partial charge in [-0.1, -0.05) is 120 Å². The fourth-order valence-electron chi connectivity index (χ4n) is 4.24. The summed E-state index contributed by atoms with van der Waals surface area (Å²) in [5, 5.41) is 0. The molecule has 0 nitrogen and oxygen atoms in total. The third kappa shape index (κ3) is 9.78. The van der Waals surface area contributed by atoms with Crippen LogP contribution in [0.1, 0.15) is 111 Å². The van der Waals surface area contributed by atoms with Crippen molar-refractivity contribution < 1.29 is 0 Å². The van der Waals surface area contributed by atoms with Crippen LogP contribution in [0.15, 0.2) is 0 Å². The van der Waals surface area contributed by atoms with E-state index in [0.29, 0.717) is 0 Å². The summed E-state index contributed by atoms with van der Waals surface area (Å²) in [5.41, 5.74) is 0. The predicted octanol–water partition coefficient (Wildman–Crippen LogP) is 8.17. The first-order chi connectivity index (χ1) is 10.7. The Bertz CT molecular complexity index is 242. The SMILES string of the molecule is CCCC(I)CCCC(CCC)CCCC1CCC(C)CC1. The molecule has 1 fully saturated rings. The molecule has 0 saturated heterocycles. The van der Waals surface area contributed by atoms with Crippen LogP contribution in [0.5, 0.6) is 0 Å². The third-order valence-electron chi connectivity index (χ3n) is 5.79. The molecule has 22 heavy (non-hydrogen) atoms. The quantitative estimate of drug-likeness (QED) is 0.221. The maximum Gasteiger partial charge on any atom is 0.0109 e. The Kier molecular flexibility index (Phi) is 12.3. The Morgan fingerprint density at radius 1 is 0.818 bits per heavy atom. The highest BCUT2D eigenvalue weighted by Gasteiger charge is 2.18. The Morgan fingerprint density at radius 2 is 1.45 bits per heavy atom. The first-order valence-electron chi connectivity index (χ1n) is 10.3. The van der Waals surface area contributed by atoms with E-state index < -0.39 is 0 Å². The smallest absolute Gasteiger partial charge is 0.0109 e. The van der Waals surface area contributed by atoms with Gasteiger partial charge in [0, 0.05) is 3.92 Å². The molecule has 0 aromatic carbocycles. The van der Waals surface area contributed by atoms with E-state index in [1.165, 1.54) is 89.9 Å². The van der Waals surface area contributed by atoms with Crippen LogP contribution in [0, 0.1) is 17.8 Å². The van der Waals surface area contributed by atoms with Gasteiger partial charge in [0.1, 0.15) is 0 Å². The second-order valence-corrected chi connectivity index (χ2v) is 9.79. The largest absolute Gasteiger partial charge is 0.0826 e. The van der Waals surface area contributed by atoms with Crippen molar-refractivity contribution in [1.29, 1.82) is 0 Å². The summed E-state index contributed by atoms with van der Waals surface area (Å²) in [5.74, 6) is 3.10. The molecule has 1 aliphatic carbocycles. The van der Waals surface area contributed by atoms with Gasteiger partial charge in [0.05, 0.1) is 0 Å². The van der Waals surface area contributed by atoms with Crippen molar-refractivity contribution in [3.63, 3.8) is 0 Å². The molecular weight excluding hydrogens is 379 g/mol. The molecule has 0 heterocycles. The van der Waals surface area contributed by atoms with Gasteiger partial charge >= 0.3 is 0 Å². The molecule has 0 N–H and O–H groups in total. The van der Waals surface area contributed by atoms with Crippen molar-refractivity contribution in [2.75, 3.05) is 0 Å². The second kappa shape index (κ2) is 13.1. The lowest BCUT2D eigenvalue weighted by molar-refractivity contribution is 0.263. The van der Waals surface area contributed by atoms with Gasteiger partial charge in [0.2, 0.25) is 0 Å². The van der Waals surface area contributed by atoms with E-state index in [9.17, 15) is 0 Å². The highest BCUT2D eigenvalue weighted by atomic mass is 127. The highest BCUT2D eigenvalue weighted by molar-refractivity contribution is 14.1. The maximum absolute atomic E-state index is 2.67. The summed E-state index contributed by atoms with van der Waals surface area (Å²) < 4.78 is 0.925. The number of alkyl halides is 1. The van der Waals surface area contributed by atoms with Gasteiger partial charge in [-0.25, -0.2) is 0 Å². The van der Waals surface area contributed by atoms with Gasteiger partial charge in [-0.15, -0.1) is 0 Å². The van der Waals surface area contributed by atoms with Crippen LogP contribution in [-0.2, 0) is 0 Å². The fraction of sp³-hybridized carbons (Fsp3) is 1.00. The number of hydrogen-bond acceptors (Lipinski definition) is 0. The van der Waals surface area contributed by atoms with Crippen LogP contribution in [0.2, 0.25) is 0 Å². The van der Waals surface area contributed by atoms with Crippen LogP contribution in [0.4, 0.5) is 0 Å². The van der Waals surface area contributed by atoms with E-state index in [2.05, 4.69) is 43.4 Å². The molecule has 1 heteroatoms. The topological polar surface area (TPSA) is 0 Å². The molecule has 0 spiro atoms. The number of rotatable bonds is 12. The van der Waals surface area contributed by atoms with E-state index >= 15 is 0 Å². The molecular formula is C21H41I. The van der Waals surface area contributed by atoms with Gasteiger partial charge in [-0.3, -0.25) is 0 Å². The van der Waals surface area contributed by atoms with E-state index in [1.807, 2.05) is 0 Å². The summed E-state index contributed by atoms with van der Waals surface area (Å²) in [6.45, 7) is 7.12. The van der Waals surface area contributed by atoms with E-state index in [1.54, 1.807) is 0 Å². The van der Waals surface area contributed by atoms with Crippen LogP contribution >= 0.6 is 22.6 Å². The lowest BCUT2D eigenvalue weighted by Gasteiger charge is -2.26. The minimum Gasteiger partial charge on any atom is -0.0826 e. The first kappa shape index (κ1) is 20.8. The molecule has 0 amide bonds. The summed E-state index contributed by atoms with van der Waals surface area (Å²) >= 11 is 2.67. The molecule has 1 saturated carbocycles. The van der Waals surface area contributed by atoms with Gasteiger partial charge in [0.25, 0.3) is 0 Å². The van der Waals surface area contributed by atoms with Gasteiger partial charge in [-0.2, -0.15) is 0 Å². The van der Waals surface area contributed by atoms with Crippen LogP contribution in [-0.4, -0.2) is 3.92 Å². The standard InChI is InChI=1S/C21H41I/c1-4-8-19(12-7-13-21(22)9-5-2)10-6-11-20-16-14-18(3)15-17-20/h18-21H,4-17H2,1-3H3. The summed E-state index contributed by atoms with van der Waals surface area (Å²) in [6, 6.07) is 0. The minimum atomic E-state index is 0.925. The summed E-state index contributed by atoms with van der Waals surface area (Å²) in [4.78, 5) is 0. The fourth-order valence-corrected chi connectivity index (χ4v) is 5.30. The van der Waals surface area contributed by atoms with Gasteiger partial charge < -0.3 is 0 Å². The Morgan fingerprint density at radius 3 is 2.09 bits per heavy atom. The second-order valence-electron chi connectivity index (χ2n) is 8.03. The van der Waals surface area contributed by atoms with Crippen molar-refractivity contribution in [2.45, 2.75) is 115 Å². The van der Waals surface area contributed by atoms with E-state index in [4.69, 9.17) is 0 Å². The number of halogens is 1.